The fraction of sp³-hybridized carbons (Fsp3) is 0.231. The van der Waals surface area contributed by atoms with Crippen LogP contribution in [0.4, 0.5) is 0 Å². The number of aryl methyl sites for hydroxylation is 2. The first kappa shape index (κ1) is 13.8. The predicted octanol–water partition coefficient (Wildman–Crippen LogP) is 6.37. The lowest BCUT2D eigenvalue weighted by Gasteiger charge is -2.11. The largest absolute Gasteiger partial charge is 0.144 e. The van der Waals surface area contributed by atoms with Crippen LogP contribution in [0.15, 0.2) is 33.2 Å². The normalized spacial score (nSPS) is 12.8. The van der Waals surface area contributed by atoms with Gasteiger partial charge < -0.3 is 0 Å². The first-order valence-corrected chi connectivity index (χ1v) is 8.46. The summed E-state index contributed by atoms with van der Waals surface area (Å²) in [6.45, 7) is 4.32. The summed E-state index contributed by atoms with van der Waals surface area (Å²) in [5, 5.41) is 0. The Kier molecular flexibility index (Phi) is 4.50. The van der Waals surface area contributed by atoms with Crippen molar-refractivity contribution in [1.29, 1.82) is 0 Å². The minimum absolute atomic E-state index is 0.259. The van der Waals surface area contributed by atoms with Crippen LogP contribution in [-0.4, -0.2) is 0 Å². The van der Waals surface area contributed by atoms with E-state index in [1.54, 1.807) is 0 Å². The third-order valence-corrected chi connectivity index (χ3v) is 5.91. The molecule has 0 fully saturated rings. The van der Waals surface area contributed by atoms with Crippen molar-refractivity contribution in [3.8, 4) is 0 Å². The number of alkyl halides is 1. The molecule has 0 amide bonds. The average molecular weight is 439 g/mol. The Bertz CT molecular complexity index is 525. The quantitative estimate of drug-likeness (QED) is 0.477. The highest BCUT2D eigenvalue weighted by Gasteiger charge is 2.16. The van der Waals surface area contributed by atoms with Gasteiger partial charge in [-0.1, -0.05) is 47.8 Å². The zero-order valence-corrected chi connectivity index (χ0v) is 15.0. The van der Waals surface area contributed by atoms with E-state index in [0.717, 1.165) is 8.95 Å². The van der Waals surface area contributed by atoms with E-state index in [4.69, 9.17) is 0 Å². The first-order valence-electron chi connectivity index (χ1n) is 5.14. The number of rotatable bonds is 2. The maximum atomic E-state index is 3.80. The van der Waals surface area contributed by atoms with Crippen molar-refractivity contribution < 1.29 is 0 Å². The summed E-state index contributed by atoms with van der Waals surface area (Å²) in [5.41, 5.74) is 2.61. The van der Waals surface area contributed by atoms with E-state index in [2.05, 4.69) is 85.9 Å². The molecule has 0 aliphatic heterocycles. The second kappa shape index (κ2) is 5.55. The fourth-order valence-corrected chi connectivity index (χ4v) is 5.06. The number of halogens is 3. The average Bonchev–Trinajstić information content (AvgIpc) is 2.55. The molecule has 0 saturated heterocycles. The molecule has 0 radical (unpaired) electrons. The van der Waals surface area contributed by atoms with Crippen LogP contribution in [0.25, 0.3) is 0 Å². The highest BCUT2D eigenvalue weighted by molar-refractivity contribution is 9.11. The monoisotopic (exact) mass is 436 g/mol. The van der Waals surface area contributed by atoms with Gasteiger partial charge >= 0.3 is 0 Å². The molecular formula is C13H11Br3S. The van der Waals surface area contributed by atoms with Crippen LogP contribution < -0.4 is 0 Å². The van der Waals surface area contributed by atoms with Gasteiger partial charge in [0.25, 0.3) is 0 Å². The van der Waals surface area contributed by atoms with Crippen molar-refractivity contribution in [3.05, 3.63) is 54.1 Å². The van der Waals surface area contributed by atoms with E-state index in [9.17, 15) is 0 Å². The van der Waals surface area contributed by atoms with Gasteiger partial charge in [-0.05, 0) is 49.2 Å². The molecule has 2 rings (SSSR count). The molecule has 0 nitrogen and oxygen atoms in total. The molecule has 0 saturated carbocycles. The fourth-order valence-electron chi connectivity index (χ4n) is 1.78. The maximum Gasteiger partial charge on any atom is 0.0741 e. The Morgan fingerprint density at radius 1 is 1.00 bits per heavy atom. The summed E-state index contributed by atoms with van der Waals surface area (Å²) in [5.74, 6) is 0. The SMILES string of the molecule is Cc1cc(C)c(C(Br)c2cc(Br)cc(Br)c2)s1. The van der Waals surface area contributed by atoms with Gasteiger partial charge in [0.1, 0.15) is 0 Å². The van der Waals surface area contributed by atoms with E-state index < -0.39 is 0 Å². The van der Waals surface area contributed by atoms with Crippen LogP contribution in [-0.2, 0) is 0 Å². The lowest BCUT2D eigenvalue weighted by Crippen LogP contribution is -1.92. The molecule has 0 aliphatic carbocycles. The molecule has 1 unspecified atom stereocenters. The molecule has 0 bridgehead atoms. The van der Waals surface area contributed by atoms with Crippen molar-refractivity contribution in [3.63, 3.8) is 0 Å². The maximum absolute atomic E-state index is 3.80. The summed E-state index contributed by atoms with van der Waals surface area (Å²) in [6, 6.07) is 8.59. The third kappa shape index (κ3) is 3.22. The van der Waals surface area contributed by atoms with E-state index in [1.807, 2.05) is 11.3 Å². The topological polar surface area (TPSA) is 0 Å². The molecule has 0 aliphatic rings. The Balaban J connectivity index is 2.43. The van der Waals surface area contributed by atoms with Gasteiger partial charge in [-0.2, -0.15) is 0 Å². The van der Waals surface area contributed by atoms with Gasteiger partial charge in [0.2, 0.25) is 0 Å². The molecule has 0 N–H and O–H groups in total. The standard InChI is InChI=1S/C13H11Br3S/c1-7-3-8(2)17-13(7)12(16)9-4-10(14)6-11(15)5-9/h3-6,12H,1-2H3. The minimum Gasteiger partial charge on any atom is -0.144 e. The van der Waals surface area contributed by atoms with Gasteiger partial charge in [-0.3, -0.25) is 0 Å². The molecule has 1 atom stereocenters. The molecule has 4 heteroatoms. The number of hydrogen-bond donors (Lipinski definition) is 0. The van der Waals surface area contributed by atoms with Crippen molar-refractivity contribution in [1.82, 2.24) is 0 Å². The zero-order valence-electron chi connectivity index (χ0n) is 9.43. The van der Waals surface area contributed by atoms with Gasteiger partial charge in [-0.15, -0.1) is 11.3 Å². The van der Waals surface area contributed by atoms with Gasteiger partial charge in [0.05, 0.1) is 4.83 Å². The molecule has 1 aromatic heterocycles. The summed E-state index contributed by atoms with van der Waals surface area (Å²) in [6.07, 6.45) is 0. The second-order valence-electron chi connectivity index (χ2n) is 3.97. The summed E-state index contributed by atoms with van der Waals surface area (Å²) in [7, 11) is 0. The molecular weight excluding hydrogens is 428 g/mol. The van der Waals surface area contributed by atoms with E-state index in [0.29, 0.717) is 0 Å². The lowest BCUT2D eigenvalue weighted by molar-refractivity contribution is 1.19. The molecule has 1 aromatic carbocycles. The van der Waals surface area contributed by atoms with E-state index in [-0.39, 0.29) is 4.83 Å². The van der Waals surface area contributed by atoms with E-state index >= 15 is 0 Å². The Hall–Kier alpha value is 0.360. The highest BCUT2D eigenvalue weighted by Crippen LogP contribution is 2.39. The van der Waals surface area contributed by atoms with Crippen molar-refractivity contribution in [2.75, 3.05) is 0 Å². The van der Waals surface area contributed by atoms with Crippen LogP contribution in [0.5, 0.6) is 0 Å². The number of benzene rings is 1. The Morgan fingerprint density at radius 3 is 2.06 bits per heavy atom. The van der Waals surface area contributed by atoms with Gasteiger partial charge in [-0.25, -0.2) is 0 Å². The second-order valence-corrected chi connectivity index (χ2v) is 8.00. The molecule has 0 spiro atoms. The molecule has 17 heavy (non-hydrogen) atoms. The molecule has 90 valence electrons. The smallest absolute Gasteiger partial charge is 0.0741 e. The minimum atomic E-state index is 0.259. The summed E-state index contributed by atoms with van der Waals surface area (Å²) in [4.78, 5) is 3.00. The van der Waals surface area contributed by atoms with Crippen molar-refractivity contribution >= 4 is 59.1 Å². The Labute approximate surface area is 131 Å². The van der Waals surface area contributed by atoms with Crippen LogP contribution in [0.2, 0.25) is 0 Å². The van der Waals surface area contributed by atoms with Crippen LogP contribution >= 0.6 is 59.1 Å². The zero-order chi connectivity index (χ0) is 12.6. The molecule has 2 aromatic rings. The number of hydrogen-bond acceptors (Lipinski definition) is 1. The third-order valence-electron chi connectivity index (χ3n) is 2.49. The van der Waals surface area contributed by atoms with Crippen molar-refractivity contribution in [2.24, 2.45) is 0 Å². The van der Waals surface area contributed by atoms with Crippen LogP contribution in [0, 0.1) is 13.8 Å². The summed E-state index contributed by atoms with van der Waals surface area (Å²) >= 11 is 12.7. The Morgan fingerprint density at radius 2 is 1.59 bits per heavy atom. The molecule has 1 heterocycles. The van der Waals surface area contributed by atoms with Gasteiger partial charge in [0, 0.05) is 18.7 Å². The predicted molar refractivity (Wildman–Crippen MR) is 86.4 cm³/mol. The van der Waals surface area contributed by atoms with Crippen LogP contribution in [0.3, 0.4) is 0 Å². The van der Waals surface area contributed by atoms with Crippen molar-refractivity contribution in [2.45, 2.75) is 18.7 Å². The lowest BCUT2D eigenvalue weighted by atomic mass is 10.1. The van der Waals surface area contributed by atoms with E-state index in [1.165, 1.54) is 20.9 Å². The van der Waals surface area contributed by atoms with Crippen LogP contribution in [0.1, 0.15) is 25.7 Å². The summed E-state index contributed by atoms with van der Waals surface area (Å²) < 4.78 is 2.19. The van der Waals surface area contributed by atoms with Gasteiger partial charge in [0.15, 0.2) is 0 Å². The number of thiophene rings is 1. The first-order chi connectivity index (χ1) is 7.97. The highest BCUT2D eigenvalue weighted by atomic mass is 79.9.